The Labute approximate surface area is 140 Å². The molecule has 136 valence electrons. The molecule has 0 saturated carbocycles. The van der Waals surface area contributed by atoms with Gasteiger partial charge < -0.3 is 20.5 Å². The van der Waals surface area contributed by atoms with Gasteiger partial charge in [0.1, 0.15) is 5.34 Å². The van der Waals surface area contributed by atoms with Gasteiger partial charge in [-0.15, -0.1) is 0 Å². The van der Waals surface area contributed by atoms with Gasteiger partial charge in [0.2, 0.25) is 5.91 Å². The number of hydrogen-bond donors (Lipinski definition) is 3. The number of hydrogen-bond acceptors (Lipinski definition) is 4. The van der Waals surface area contributed by atoms with Crippen molar-refractivity contribution in [2.75, 3.05) is 0 Å². The number of amides is 1. The lowest BCUT2D eigenvalue weighted by molar-refractivity contribution is -0.148. The van der Waals surface area contributed by atoms with E-state index in [1.165, 1.54) is 25.7 Å². The van der Waals surface area contributed by atoms with E-state index >= 15 is 0 Å². The molecule has 23 heavy (non-hydrogen) atoms. The summed E-state index contributed by atoms with van der Waals surface area (Å²) >= 11 is 0. The Kier molecular flexibility index (Phi) is 12.1. The maximum absolute atomic E-state index is 11.4. The minimum absolute atomic E-state index is 0.0760. The topological polar surface area (TPSA) is 118 Å². The molecule has 0 aliphatic heterocycles. The maximum Gasteiger partial charge on any atom is 0.309 e. The van der Waals surface area contributed by atoms with Gasteiger partial charge in [0, 0.05) is 6.42 Å². The first-order valence-electron chi connectivity index (χ1n) is 8.57. The third-order valence-electron chi connectivity index (χ3n) is 4.22. The van der Waals surface area contributed by atoms with Gasteiger partial charge in [0.15, 0.2) is 0 Å². The molecule has 0 spiro atoms. The summed E-state index contributed by atoms with van der Waals surface area (Å²) < 4.78 is 11.4. The van der Waals surface area contributed by atoms with Crippen LogP contribution in [0.3, 0.4) is 0 Å². The SMILES string of the molecule is CCCCCCCCCCC(O)([PH2]=O)C(CCC(N)=O)C(=O)O. The quantitative estimate of drug-likeness (QED) is 0.310. The van der Waals surface area contributed by atoms with Gasteiger partial charge in [-0.3, -0.25) is 9.59 Å². The van der Waals surface area contributed by atoms with E-state index in [0.29, 0.717) is 6.42 Å². The van der Waals surface area contributed by atoms with Gasteiger partial charge in [-0.05, 0) is 12.8 Å². The first kappa shape index (κ1) is 22.1. The molecule has 0 heterocycles. The van der Waals surface area contributed by atoms with Gasteiger partial charge in [0.05, 0.1) is 14.4 Å². The minimum Gasteiger partial charge on any atom is -0.481 e. The van der Waals surface area contributed by atoms with Gasteiger partial charge in [-0.1, -0.05) is 58.3 Å². The Morgan fingerprint density at radius 1 is 1.09 bits per heavy atom. The second kappa shape index (κ2) is 12.5. The number of nitrogens with two attached hydrogens (primary N) is 1. The molecule has 0 aromatic carbocycles. The van der Waals surface area contributed by atoms with Gasteiger partial charge in [-0.2, -0.15) is 0 Å². The van der Waals surface area contributed by atoms with E-state index in [1.807, 2.05) is 0 Å². The Balaban J connectivity index is 4.26. The predicted molar refractivity (Wildman–Crippen MR) is 92.1 cm³/mol. The van der Waals surface area contributed by atoms with Gasteiger partial charge in [0.25, 0.3) is 0 Å². The molecule has 4 N–H and O–H groups in total. The van der Waals surface area contributed by atoms with Crippen LogP contribution in [0.2, 0.25) is 0 Å². The third-order valence-corrected chi connectivity index (χ3v) is 5.32. The molecule has 0 aliphatic rings. The zero-order chi connectivity index (χ0) is 17.7. The lowest BCUT2D eigenvalue weighted by Gasteiger charge is -2.29. The molecule has 0 aromatic rings. The molecule has 0 bridgehead atoms. The van der Waals surface area contributed by atoms with Crippen molar-refractivity contribution in [3.63, 3.8) is 0 Å². The lowest BCUT2D eigenvalue weighted by Crippen LogP contribution is -2.38. The monoisotopic (exact) mass is 349 g/mol. The van der Waals surface area contributed by atoms with Crippen LogP contribution in [0.1, 0.15) is 77.6 Å². The second-order valence-corrected chi connectivity index (χ2v) is 7.47. The Morgan fingerprint density at radius 2 is 1.61 bits per heavy atom. The highest BCUT2D eigenvalue weighted by Gasteiger charge is 2.40. The summed E-state index contributed by atoms with van der Waals surface area (Å²) in [4.78, 5) is 22.1. The van der Waals surface area contributed by atoms with Crippen LogP contribution in [0.5, 0.6) is 0 Å². The van der Waals surface area contributed by atoms with E-state index in [0.717, 1.165) is 19.3 Å². The van der Waals surface area contributed by atoms with E-state index in [2.05, 4.69) is 6.92 Å². The van der Waals surface area contributed by atoms with Crippen LogP contribution in [0.15, 0.2) is 0 Å². The summed E-state index contributed by atoms with van der Waals surface area (Å²) in [6, 6.07) is 0. The molecular formula is C16H32NO5P. The number of carboxylic acid groups (broad SMARTS) is 1. The summed E-state index contributed by atoms with van der Waals surface area (Å²) in [7, 11) is -1.66. The van der Waals surface area contributed by atoms with Crippen molar-refractivity contribution in [2.24, 2.45) is 11.7 Å². The third kappa shape index (κ3) is 9.77. The Hall–Kier alpha value is -0.870. The second-order valence-electron chi connectivity index (χ2n) is 6.23. The Morgan fingerprint density at radius 3 is 2.04 bits per heavy atom. The molecule has 0 radical (unpaired) electrons. The average Bonchev–Trinajstić information content (AvgIpc) is 2.49. The highest BCUT2D eigenvalue weighted by Crippen LogP contribution is 2.37. The highest BCUT2D eigenvalue weighted by molar-refractivity contribution is 7.25. The molecule has 1 amide bonds. The van der Waals surface area contributed by atoms with Crippen LogP contribution in [0.25, 0.3) is 0 Å². The molecular weight excluding hydrogens is 317 g/mol. The number of carbonyl (C=O) groups excluding carboxylic acids is 1. The molecule has 0 aliphatic carbocycles. The lowest BCUT2D eigenvalue weighted by atomic mass is 9.91. The first-order chi connectivity index (χ1) is 10.9. The summed E-state index contributed by atoms with van der Waals surface area (Å²) in [5, 5.41) is 17.9. The number of primary amides is 1. The summed E-state index contributed by atoms with van der Waals surface area (Å²) in [5.74, 6) is -3.05. The molecule has 0 saturated heterocycles. The van der Waals surface area contributed by atoms with E-state index in [1.54, 1.807) is 0 Å². The summed E-state index contributed by atoms with van der Waals surface area (Å²) in [5.41, 5.74) is 5.03. The van der Waals surface area contributed by atoms with E-state index < -0.39 is 31.6 Å². The molecule has 6 nitrogen and oxygen atoms in total. The zero-order valence-electron chi connectivity index (χ0n) is 14.1. The van der Waals surface area contributed by atoms with Crippen LogP contribution in [-0.2, 0) is 14.2 Å². The fourth-order valence-electron chi connectivity index (χ4n) is 2.73. The van der Waals surface area contributed by atoms with Crippen molar-refractivity contribution in [1.29, 1.82) is 0 Å². The number of aliphatic carboxylic acids is 1. The number of rotatable bonds is 15. The van der Waals surface area contributed by atoms with Crippen LogP contribution in [0, 0.1) is 5.92 Å². The van der Waals surface area contributed by atoms with Crippen molar-refractivity contribution >= 4 is 20.3 Å². The first-order valence-corrected chi connectivity index (χ1v) is 9.62. The molecule has 3 atom stereocenters. The van der Waals surface area contributed by atoms with Crippen molar-refractivity contribution in [3.05, 3.63) is 0 Å². The van der Waals surface area contributed by atoms with Crippen LogP contribution < -0.4 is 5.73 Å². The normalized spacial score (nSPS) is 15.6. The molecule has 0 aromatic heterocycles. The number of unbranched alkanes of at least 4 members (excludes halogenated alkanes) is 7. The largest absolute Gasteiger partial charge is 0.481 e. The Bertz CT molecular complexity index is 377. The fourth-order valence-corrected chi connectivity index (χ4v) is 3.53. The highest BCUT2D eigenvalue weighted by atomic mass is 31.1. The minimum atomic E-state index is -1.72. The summed E-state index contributed by atoms with van der Waals surface area (Å²) in [6.07, 6.45) is 8.57. The number of carboxylic acids is 1. The predicted octanol–water partition coefficient (Wildman–Crippen LogP) is 2.93. The number of carbonyl (C=O) groups is 2. The molecule has 3 unspecified atom stereocenters. The molecule has 0 fully saturated rings. The van der Waals surface area contributed by atoms with Gasteiger partial charge >= 0.3 is 5.97 Å². The molecule has 0 rings (SSSR count). The fraction of sp³-hybridized carbons (Fsp3) is 0.875. The zero-order valence-corrected chi connectivity index (χ0v) is 15.3. The van der Waals surface area contributed by atoms with E-state index in [-0.39, 0.29) is 19.3 Å². The van der Waals surface area contributed by atoms with Crippen molar-refractivity contribution in [2.45, 2.75) is 82.9 Å². The van der Waals surface area contributed by atoms with E-state index in [9.17, 15) is 24.4 Å². The average molecular weight is 349 g/mol. The van der Waals surface area contributed by atoms with Gasteiger partial charge in [-0.25, -0.2) is 0 Å². The van der Waals surface area contributed by atoms with Crippen LogP contribution in [-0.4, -0.2) is 27.4 Å². The molecule has 7 heteroatoms. The number of aliphatic hydroxyl groups is 1. The van der Waals surface area contributed by atoms with Crippen molar-refractivity contribution in [1.82, 2.24) is 0 Å². The van der Waals surface area contributed by atoms with Crippen molar-refractivity contribution in [3.8, 4) is 0 Å². The maximum atomic E-state index is 11.4. The summed E-state index contributed by atoms with van der Waals surface area (Å²) in [6.45, 7) is 2.17. The smallest absolute Gasteiger partial charge is 0.309 e. The van der Waals surface area contributed by atoms with Crippen LogP contribution >= 0.6 is 8.46 Å². The standard InChI is InChI=1S/C16H32NO5P/c1-2-3-4-5-6-7-8-9-12-16(21,23-22)13(15(19)20)10-11-14(17)18/h13,21H,2-12,23H2,1H3,(H2,17,18)(H,19,20). The van der Waals surface area contributed by atoms with E-state index in [4.69, 9.17) is 5.73 Å². The van der Waals surface area contributed by atoms with Crippen LogP contribution in [0.4, 0.5) is 0 Å². The van der Waals surface area contributed by atoms with Crippen molar-refractivity contribution < 1.29 is 24.4 Å².